The molecule has 0 unspecified atom stereocenters. The average molecular weight is 521 g/mol. The van der Waals surface area contributed by atoms with Gasteiger partial charge in [-0.2, -0.15) is 12.2 Å². The second-order valence-electron chi connectivity index (χ2n) is 7.84. The monoisotopic (exact) mass is 520 g/mol. The molecule has 3 aromatic carbocycles. The van der Waals surface area contributed by atoms with Crippen molar-refractivity contribution in [1.82, 2.24) is 5.32 Å². The van der Waals surface area contributed by atoms with Gasteiger partial charge in [-0.15, -0.1) is 0 Å². The summed E-state index contributed by atoms with van der Waals surface area (Å²) in [5, 5.41) is 3.27. The van der Waals surface area contributed by atoms with Gasteiger partial charge in [-0.25, -0.2) is 8.42 Å². The molecule has 0 saturated carbocycles. The maximum absolute atomic E-state index is 13.3. The van der Waals surface area contributed by atoms with Crippen LogP contribution >= 0.6 is 11.8 Å². The fourth-order valence-electron chi connectivity index (χ4n) is 3.74. The summed E-state index contributed by atoms with van der Waals surface area (Å²) < 4.78 is 56.0. The second kappa shape index (κ2) is 9.83. The zero-order valence-electron chi connectivity index (χ0n) is 18.5. The second-order valence-corrected chi connectivity index (χ2v) is 11.8. The lowest BCUT2D eigenvalue weighted by atomic mass is 10.2. The minimum Gasteiger partial charge on any atom is -0.369 e. The highest BCUT2D eigenvalue weighted by molar-refractivity contribution is 7.94. The summed E-state index contributed by atoms with van der Waals surface area (Å²) in [6.07, 6.45) is 0. The van der Waals surface area contributed by atoms with E-state index in [0.29, 0.717) is 9.39 Å². The fraction of sp³-hybridized carbons (Fsp3) is 0.217. The highest BCUT2D eigenvalue weighted by Crippen LogP contribution is 2.37. The normalized spacial score (nSPS) is 14.6. The molecular weight excluding hydrogens is 496 g/mol. The molecule has 180 valence electrons. The molecule has 1 heterocycles. The molecule has 1 saturated heterocycles. The van der Waals surface area contributed by atoms with Crippen LogP contribution in [0.3, 0.4) is 0 Å². The Bertz CT molecular complexity index is 1380. The van der Waals surface area contributed by atoms with Crippen molar-refractivity contribution in [3.8, 4) is 0 Å². The Kier molecular flexibility index (Phi) is 7.04. The summed E-state index contributed by atoms with van der Waals surface area (Å²) in [7, 11) is -8.16. The van der Waals surface area contributed by atoms with E-state index in [1.54, 1.807) is 55.5 Å². The van der Waals surface area contributed by atoms with E-state index in [0.717, 1.165) is 31.9 Å². The van der Waals surface area contributed by atoms with E-state index < -0.39 is 20.0 Å². The van der Waals surface area contributed by atoms with Gasteiger partial charge in [0.2, 0.25) is 0 Å². The quantitative estimate of drug-likeness (QED) is 0.462. The standard InChI is InChI=1S/C23H25ClN4O4S2/c1-18-7-5-6-10-23(18)34(31,32)28(24)22-12-11-19(27-15-13-25-14-16-27)17-21(22)26-33(29,30)20-8-3-2-4-9-20/h2-12,17,25-26H,13-16H2,1H3. The summed E-state index contributed by atoms with van der Waals surface area (Å²) in [6.45, 7) is 4.71. The Balaban J connectivity index is 1.79. The van der Waals surface area contributed by atoms with E-state index in [2.05, 4.69) is 14.9 Å². The molecule has 1 aliphatic heterocycles. The van der Waals surface area contributed by atoms with Crippen molar-refractivity contribution >= 4 is 48.9 Å². The van der Waals surface area contributed by atoms with Gasteiger partial charge in [-0.05, 0) is 48.9 Å². The van der Waals surface area contributed by atoms with Gasteiger partial charge in [-0.3, -0.25) is 4.72 Å². The number of anilines is 3. The van der Waals surface area contributed by atoms with Crippen molar-refractivity contribution in [3.05, 3.63) is 78.4 Å². The van der Waals surface area contributed by atoms with E-state index in [1.165, 1.54) is 24.3 Å². The van der Waals surface area contributed by atoms with Gasteiger partial charge in [0, 0.05) is 43.6 Å². The van der Waals surface area contributed by atoms with Crippen LogP contribution in [0.25, 0.3) is 0 Å². The smallest absolute Gasteiger partial charge is 0.278 e. The molecule has 1 fully saturated rings. The van der Waals surface area contributed by atoms with Crippen molar-refractivity contribution < 1.29 is 16.8 Å². The molecule has 0 spiro atoms. The molecule has 34 heavy (non-hydrogen) atoms. The molecule has 11 heteroatoms. The summed E-state index contributed by atoms with van der Waals surface area (Å²) in [5.41, 5.74) is 1.35. The number of rotatable bonds is 7. The number of nitrogens with one attached hydrogen (secondary N) is 2. The summed E-state index contributed by atoms with van der Waals surface area (Å²) in [6, 6.07) is 19.2. The number of aryl methyl sites for hydroxylation is 1. The van der Waals surface area contributed by atoms with Crippen molar-refractivity contribution in [1.29, 1.82) is 0 Å². The molecule has 0 aliphatic carbocycles. The molecule has 0 bridgehead atoms. The van der Waals surface area contributed by atoms with Crippen LogP contribution < -0.4 is 18.8 Å². The minimum atomic E-state index is -4.16. The van der Waals surface area contributed by atoms with Gasteiger partial charge >= 0.3 is 0 Å². The fourth-order valence-corrected chi connectivity index (χ4v) is 6.52. The van der Waals surface area contributed by atoms with E-state index in [1.807, 2.05) is 0 Å². The van der Waals surface area contributed by atoms with Crippen molar-refractivity contribution in [2.75, 3.05) is 39.6 Å². The van der Waals surface area contributed by atoms with Gasteiger partial charge in [0.15, 0.2) is 0 Å². The Hall–Kier alpha value is -2.79. The van der Waals surface area contributed by atoms with Crippen LogP contribution in [-0.4, -0.2) is 43.0 Å². The van der Waals surface area contributed by atoms with E-state index in [4.69, 9.17) is 11.8 Å². The number of benzene rings is 3. The summed E-state index contributed by atoms with van der Waals surface area (Å²) in [5.74, 6) is 0. The third kappa shape index (κ3) is 5.00. The Morgan fingerprint density at radius 2 is 1.56 bits per heavy atom. The average Bonchev–Trinajstić information content (AvgIpc) is 2.84. The number of hydrogen-bond donors (Lipinski definition) is 2. The topological polar surface area (TPSA) is 98.8 Å². The third-order valence-corrected chi connectivity index (χ3v) is 9.27. The van der Waals surface area contributed by atoms with Gasteiger partial charge < -0.3 is 10.2 Å². The first kappa shape index (κ1) is 24.3. The molecule has 8 nitrogen and oxygen atoms in total. The van der Waals surface area contributed by atoms with E-state index in [9.17, 15) is 16.8 Å². The van der Waals surface area contributed by atoms with Crippen molar-refractivity contribution in [2.45, 2.75) is 16.7 Å². The first-order chi connectivity index (χ1) is 16.2. The number of hydrogen-bond acceptors (Lipinski definition) is 6. The molecule has 1 aliphatic rings. The minimum absolute atomic E-state index is 0.00307. The molecular formula is C23H25ClN4O4S2. The van der Waals surface area contributed by atoms with Gasteiger partial charge in [0.25, 0.3) is 20.0 Å². The van der Waals surface area contributed by atoms with E-state index in [-0.39, 0.29) is 21.2 Å². The van der Waals surface area contributed by atoms with Crippen LogP contribution in [0.2, 0.25) is 0 Å². The number of nitrogens with zero attached hydrogens (tertiary/aromatic N) is 2. The van der Waals surface area contributed by atoms with Crippen LogP contribution in [0, 0.1) is 6.92 Å². The number of piperazine rings is 1. The molecule has 2 N–H and O–H groups in total. The lowest BCUT2D eigenvalue weighted by Gasteiger charge is -2.30. The molecule has 0 atom stereocenters. The maximum Gasteiger partial charge on any atom is 0.278 e. The molecule has 3 aromatic rings. The number of sulfonamides is 2. The molecule has 0 radical (unpaired) electrons. The van der Waals surface area contributed by atoms with Crippen LogP contribution in [0.4, 0.5) is 17.1 Å². The lowest BCUT2D eigenvalue weighted by molar-refractivity contribution is 0.589. The predicted octanol–water partition coefficient (Wildman–Crippen LogP) is 3.55. The SMILES string of the molecule is Cc1ccccc1S(=O)(=O)N(Cl)c1ccc(N2CCNCC2)cc1NS(=O)(=O)c1ccccc1. The van der Waals surface area contributed by atoms with Crippen molar-refractivity contribution in [3.63, 3.8) is 0 Å². The largest absolute Gasteiger partial charge is 0.369 e. The Morgan fingerprint density at radius 3 is 2.24 bits per heavy atom. The van der Waals surface area contributed by atoms with Crippen molar-refractivity contribution in [2.24, 2.45) is 0 Å². The first-order valence-corrected chi connectivity index (χ1v) is 13.9. The highest BCUT2D eigenvalue weighted by Gasteiger charge is 2.29. The van der Waals surface area contributed by atoms with Crippen LogP contribution in [0.5, 0.6) is 0 Å². The molecule has 0 aromatic heterocycles. The molecule has 0 amide bonds. The van der Waals surface area contributed by atoms with Crippen LogP contribution in [0.15, 0.2) is 82.6 Å². The highest BCUT2D eigenvalue weighted by atomic mass is 35.5. The first-order valence-electron chi connectivity index (χ1n) is 10.6. The number of halogens is 1. The predicted molar refractivity (Wildman–Crippen MR) is 135 cm³/mol. The maximum atomic E-state index is 13.3. The van der Waals surface area contributed by atoms with E-state index >= 15 is 0 Å². The third-order valence-electron chi connectivity index (χ3n) is 5.53. The van der Waals surface area contributed by atoms with Crippen LogP contribution in [-0.2, 0) is 20.0 Å². The van der Waals surface area contributed by atoms with Gasteiger partial charge in [-0.1, -0.05) is 36.4 Å². The Morgan fingerprint density at radius 1 is 0.912 bits per heavy atom. The van der Waals surface area contributed by atoms with Gasteiger partial charge in [0.1, 0.15) is 0 Å². The summed E-state index contributed by atoms with van der Waals surface area (Å²) >= 11 is 6.41. The zero-order chi connectivity index (χ0) is 24.3. The summed E-state index contributed by atoms with van der Waals surface area (Å²) in [4.78, 5) is 2.18. The molecule has 4 rings (SSSR count). The van der Waals surface area contributed by atoms with Gasteiger partial charge in [0.05, 0.1) is 21.2 Å². The zero-order valence-corrected chi connectivity index (χ0v) is 20.9. The van der Waals surface area contributed by atoms with Crippen LogP contribution in [0.1, 0.15) is 5.56 Å². The Labute approximate surface area is 205 Å². The lowest BCUT2D eigenvalue weighted by Crippen LogP contribution is -2.43.